The number of nitrogens with two attached hydrogens (primary N) is 1. The number of amides is 1. The number of nitrogens with zero attached hydrogens (tertiary/aromatic N) is 2. The fourth-order valence-electron chi connectivity index (χ4n) is 2.57. The Morgan fingerprint density at radius 3 is 3.00 bits per heavy atom. The van der Waals surface area contributed by atoms with E-state index in [0.717, 1.165) is 26.1 Å². The Hall–Kier alpha value is -1.40. The topological polar surface area (TPSA) is 84.4 Å². The number of nitrogens with one attached hydrogen (secondary N) is 1. The van der Waals surface area contributed by atoms with Gasteiger partial charge in [0, 0.05) is 31.6 Å². The molecule has 1 saturated heterocycles. The number of likely N-dealkylation sites (tertiary alicyclic amines) is 1. The third kappa shape index (κ3) is 3.80. The minimum Gasteiger partial charge on any atom is -0.360 e. The molecule has 1 atom stereocenters. The molecule has 3 N–H and O–H groups in total. The van der Waals surface area contributed by atoms with E-state index in [1.165, 1.54) is 0 Å². The van der Waals surface area contributed by atoms with Gasteiger partial charge in [0.25, 0.3) is 0 Å². The molecule has 0 radical (unpaired) electrons. The van der Waals surface area contributed by atoms with Crippen molar-refractivity contribution in [2.24, 2.45) is 11.1 Å². The van der Waals surface area contributed by atoms with Crippen LogP contribution in [0.25, 0.3) is 0 Å². The SMILES string of the molecule is Cc1cc(NC(=O)CCN2CCC(N)C(C)(C)C2)no1. The first-order valence-electron chi connectivity index (χ1n) is 7.08. The summed E-state index contributed by atoms with van der Waals surface area (Å²) in [5, 5.41) is 6.48. The molecule has 1 unspecified atom stereocenters. The molecule has 2 heterocycles. The Bertz CT molecular complexity index is 469. The van der Waals surface area contributed by atoms with Crippen molar-refractivity contribution in [3.8, 4) is 0 Å². The number of rotatable bonds is 4. The van der Waals surface area contributed by atoms with E-state index in [1.54, 1.807) is 13.0 Å². The van der Waals surface area contributed by atoms with Gasteiger partial charge in [0.2, 0.25) is 5.91 Å². The fourth-order valence-corrected chi connectivity index (χ4v) is 2.57. The van der Waals surface area contributed by atoms with Crippen LogP contribution >= 0.6 is 0 Å². The van der Waals surface area contributed by atoms with E-state index in [0.29, 0.717) is 18.0 Å². The molecule has 20 heavy (non-hydrogen) atoms. The molecule has 0 bridgehead atoms. The molecule has 112 valence electrons. The molecule has 2 rings (SSSR count). The molecule has 0 spiro atoms. The average molecular weight is 280 g/mol. The molecule has 0 aromatic carbocycles. The van der Waals surface area contributed by atoms with Gasteiger partial charge in [-0.05, 0) is 25.3 Å². The van der Waals surface area contributed by atoms with Gasteiger partial charge >= 0.3 is 0 Å². The minimum absolute atomic E-state index is 0.0361. The minimum atomic E-state index is -0.0361. The summed E-state index contributed by atoms with van der Waals surface area (Å²) >= 11 is 0. The van der Waals surface area contributed by atoms with Gasteiger partial charge < -0.3 is 20.5 Å². The zero-order valence-corrected chi connectivity index (χ0v) is 12.5. The van der Waals surface area contributed by atoms with Crippen LogP contribution in [0.4, 0.5) is 5.82 Å². The molecule has 1 fully saturated rings. The van der Waals surface area contributed by atoms with Gasteiger partial charge in [0.1, 0.15) is 5.76 Å². The molecule has 6 nitrogen and oxygen atoms in total. The van der Waals surface area contributed by atoms with E-state index in [4.69, 9.17) is 10.3 Å². The van der Waals surface area contributed by atoms with Gasteiger partial charge in [-0.2, -0.15) is 0 Å². The first-order valence-corrected chi connectivity index (χ1v) is 7.08. The lowest BCUT2D eigenvalue weighted by atomic mass is 9.80. The monoisotopic (exact) mass is 280 g/mol. The second-order valence-corrected chi connectivity index (χ2v) is 6.28. The highest BCUT2D eigenvalue weighted by molar-refractivity contribution is 5.89. The molecular formula is C14H24N4O2. The second-order valence-electron chi connectivity index (χ2n) is 6.28. The van der Waals surface area contributed by atoms with Crippen LogP contribution in [0.5, 0.6) is 0 Å². The number of hydrogen-bond acceptors (Lipinski definition) is 5. The maximum atomic E-state index is 11.8. The summed E-state index contributed by atoms with van der Waals surface area (Å²) in [5.74, 6) is 1.13. The quantitative estimate of drug-likeness (QED) is 0.870. The van der Waals surface area contributed by atoms with Crippen molar-refractivity contribution in [1.29, 1.82) is 0 Å². The third-order valence-electron chi connectivity index (χ3n) is 3.94. The summed E-state index contributed by atoms with van der Waals surface area (Å²) in [6, 6.07) is 1.95. The fraction of sp³-hybridized carbons (Fsp3) is 0.714. The predicted octanol–water partition coefficient (Wildman–Crippen LogP) is 1.37. The Kier molecular flexibility index (Phi) is 4.45. The smallest absolute Gasteiger partial charge is 0.226 e. The number of carbonyl (C=O) groups is 1. The summed E-state index contributed by atoms with van der Waals surface area (Å²) in [6.45, 7) is 8.80. The first kappa shape index (κ1) is 15.0. The highest BCUT2D eigenvalue weighted by Crippen LogP contribution is 2.27. The Balaban J connectivity index is 1.76. The highest BCUT2D eigenvalue weighted by Gasteiger charge is 2.33. The molecule has 1 aliphatic rings. The van der Waals surface area contributed by atoms with Gasteiger partial charge in [-0.1, -0.05) is 19.0 Å². The lowest BCUT2D eigenvalue weighted by Gasteiger charge is -2.42. The molecule has 0 aliphatic carbocycles. The molecule has 1 aromatic rings. The Morgan fingerprint density at radius 1 is 1.65 bits per heavy atom. The van der Waals surface area contributed by atoms with Crippen molar-refractivity contribution >= 4 is 11.7 Å². The Labute approximate surface area is 119 Å². The Morgan fingerprint density at radius 2 is 2.40 bits per heavy atom. The highest BCUT2D eigenvalue weighted by atomic mass is 16.5. The maximum absolute atomic E-state index is 11.8. The van der Waals surface area contributed by atoms with E-state index in [1.807, 2.05) is 0 Å². The summed E-state index contributed by atoms with van der Waals surface area (Å²) < 4.78 is 4.91. The van der Waals surface area contributed by atoms with Gasteiger partial charge in [-0.3, -0.25) is 4.79 Å². The summed E-state index contributed by atoms with van der Waals surface area (Å²) in [7, 11) is 0. The normalized spacial score (nSPS) is 22.7. The predicted molar refractivity (Wildman–Crippen MR) is 77.3 cm³/mol. The second kappa shape index (κ2) is 5.93. The number of hydrogen-bond donors (Lipinski definition) is 2. The van der Waals surface area contributed by atoms with Crippen LogP contribution in [0.1, 0.15) is 32.4 Å². The summed E-state index contributed by atoms with van der Waals surface area (Å²) in [5.41, 5.74) is 6.22. The zero-order valence-electron chi connectivity index (χ0n) is 12.5. The van der Waals surface area contributed by atoms with Crippen molar-refractivity contribution in [3.63, 3.8) is 0 Å². The van der Waals surface area contributed by atoms with Crippen molar-refractivity contribution in [2.75, 3.05) is 25.0 Å². The standard InChI is InChI=1S/C14H24N4O2/c1-10-8-12(17-20-10)16-13(19)5-7-18-6-4-11(15)14(2,3)9-18/h8,11H,4-7,9,15H2,1-3H3,(H,16,17,19). The number of aromatic nitrogens is 1. The van der Waals surface area contributed by atoms with Crippen LogP contribution in [-0.4, -0.2) is 41.6 Å². The largest absolute Gasteiger partial charge is 0.360 e. The van der Waals surface area contributed by atoms with Gasteiger partial charge in [-0.25, -0.2) is 0 Å². The molecule has 6 heteroatoms. The molecule has 1 aliphatic heterocycles. The molecule has 0 saturated carbocycles. The lowest BCUT2D eigenvalue weighted by Crippen LogP contribution is -2.52. The number of aryl methyl sites for hydroxylation is 1. The number of carbonyl (C=O) groups excluding carboxylic acids is 1. The summed E-state index contributed by atoms with van der Waals surface area (Å²) in [4.78, 5) is 14.1. The third-order valence-corrected chi connectivity index (χ3v) is 3.94. The lowest BCUT2D eigenvalue weighted by molar-refractivity contribution is -0.116. The van der Waals surface area contributed by atoms with E-state index in [9.17, 15) is 4.79 Å². The maximum Gasteiger partial charge on any atom is 0.226 e. The molecule has 1 aromatic heterocycles. The van der Waals surface area contributed by atoms with Crippen molar-refractivity contribution in [3.05, 3.63) is 11.8 Å². The molecular weight excluding hydrogens is 256 g/mol. The van der Waals surface area contributed by atoms with Gasteiger partial charge in [-0.15, -0.1) is 0 Å². The van der Waals surface area contributed by atoms with Crippen LogP contribution in [0.15, 0.2) is 10.6 Å². The van der Waals surface area contributed by atoms with Crippen LogP contribution in [0.2, 0.25) is 0 Å². The van der Waals surface area contributed by atoms with Gasteiger partial charge in [0.05, 0.1) is 0 Å². The average Bonchev–Trinajstić information content (AvgIpc) is 2.76. The molecule has 1 amide bonds. The van der Waals surface area contributed by atoms with Crippen LogP contribution in [-0.2, 0) is 4.79 Å². The summed E-state index contributed by atoms with van der Waals surface area (Å²) in [6.07, 6.45) is 1.44. The first-order chi connectivity index (χ1) is 9.37. The van der Waals surface area contributed by atoms with Gasteiger partial charge in [0.15, 0.2) is 5.82 Å². The number of anilines is 1. The van der Waals surface area contributed by atoms with E-state index >= 15 is 0 Å². The van der Waals surface area contributed by atoms with Crippen molar-refractivity contribution in [2.45, 2.75) is 39.7 Å². The van der Waals surface area contributed by atoms with E-state index in [2.05, 4.69) is 29.2 Å². The van der Waals surface area contributed by atoms with E-state index < -0.39 is 0 Å². The zero-order chi connectivity index (χ0) is 14.8. The van der Waals surface area contributed by atoms with E-state index in [-0.39, 0.29) is 17.4 Å². The van der Waals surface area contributed by atoms with Crippen LogP contribution in [0, 0.1) is 12.3 Å². The number of piperidine rings is 1. The van der Waals surface area contributed by atoms with Crippen LogP contribution < -0.4 is 11.1 Å². The van der Waals surface area contributed by atoms with Crippen molar-refractivity contribution in [1.82, 2.24) is 10.1 Å². The van der Waals surface area contributed by atoms with Crippen molar-refractivity contribution < 1.29 is 9.32 Å². The van der Waals surface area contributed by atoms with Crippen LogP contribution in [0.3, 0.4) is 0 Å².